The maximum Gasteiger partial charge on any atom is 0.0596 e. The van der Waals surface area contributed by atoms with E-state index in [0.29, 0.717) is 6.42 Å². The van der Waals surface area contributed by atoms with E-state index in [2.05, 4.69) is 29.2 Å². The van der Waals surface area contributed by atoms with Gasteiger partial charge in [0.05, 0.1) is 19.3 Å². The number of ether oxygens (including phenoxy) is 1. The minimum atomic E-state index is 0.124. The van der Waals surface area contributed by atoms with Crippen LogP contribution in [0.2, 0.25) is 0 Å². The molecule has 19 heavy (non-hydrogen) atoms. The zero-order valence-corrected chi connectivity index (χ0v) is 12.8. The molecular formula is C15H23NO2S. The van der Waals surface area contributed by atoms with Crippen molar-refractivity contribution in [3.63, 3.8) is 0 Å². The zero-order valence-electron chi connectivity index (χ0n) is 12.0. The summed E-state index contributed by atoms with van der Waals surface area (Å²) < 4.78 is 5.55. The molecule has 0 aliphatic carbocycles. The van der Waals surface area contributed by atoms with Crippen LogP contribution in [0.15, 0.2) is 11.4 Å². The first-order valence-electron chi connectivity index (χ1n) is 6.59. The highest BCUT2D eigenvalue weighted by Crippen LogP contribution is 2.17. The molecule has 0 atom stereocenters. The summed E-state index contributed by atoms with van der Waals surface area (Å²) in [5, 5.41) is 10.8. The van der Waals surface area contributed by atoms with Gasteiger partial charge in [0, 0.05) is 30.0 Å². The summed E-state index contributed by atoms with van der Waals surface area (Å²) in [6.45, 7) is 6.79. The molecule has 3 nitrogen and oxygen atoms in total. The first kappa shape index (κ1) is 16.2. The summed E-state index contributed by atoms with van der Waals surface area (Å²) in [5.41, 5.74) is 1.08. The van der Waals surface area contributed by atoms with Crippen molar-refractivity contribution >= 4 is 11.3 Å². The van der Waals surface area contributed by atoms with E-state index < -0.39 is 0 Å². The molecule has 0 aromatic carbocycles. The van der Waals surface area contributed by atoms with Crippen molar-refractivity contribution in [2.45, 2.75) is 32.9 Å². The molecule has 0 saturated heterocycles. The van der Waals surface area contributed by atoms with Crippen molar-refractivity contribution in [1.29, 1.82) is 0 Å². The van der Waals surface area contributed by atoms with E-state index in [1.807, 2.05) is 19.9 Å². The fraction of sp³-hybridized carbons (Fsp3) is 0.600. The second kappa shape index (κ2) is 9.11. The van der Waals surface area contributed by atoms with Gasteiger partial charge in [-0.15, -0.1) is 11.3 Å². The molecule has 4 heteroatoms. The van der Waals surface area contributed by atoms with Gasteiger partial charge in [-0.1, -0.05) is 11.8 Å². The Kier molecular flexibility index (Phi) is 7.76. The van der Waals surface area contributed by atoms with E-state index in [-0.39, 0.29) is 12.7 Å². The predicted molar refractivity (Wildman–Crippen MR) is 80.3 cm³/mol. The highest BCUT2D eigenvalue weighted by Gasteiger charge is 2.06. The maximum atomic E-state index is 8.73. The lowest BCUT2D eigenvalue weighted by Gasteiger charge is -2.17. The quantitative estimate of drug-likeness (QED) is 0.779. The topological polar surface area (TPSA) is 32.7 Å². The molecule has 106 valence electrons. The number of aliphatic hydroxyl groups excluding tert-OH is 1. The van der Waals surface area contributed by atoms with Crippen LogP contribution < -0.4 is 0 Å². The molecule has 0 aliphatic heterocycles. The van der Waals surface area contributed by atoms with Crippen LogP contribution in [0.4, 0.5) is 0 Å². The van der Waals surface area contributed by atoms with E-state index in [9.17, 15) is 0 Å². The van der Waals surface area contributed by atoms with Crippen molar-refractivity contribution in [1.82, 2.24) is 4.90 Å². The number of likely N-dealkylation sites (N-methyl/N-ethyl adjacent to an activating group) is 1. The number of rotatable bonds is 7. The monoisotopic (exact) mass is 281 g/mol. The Morgan fingerprint density at radius 3 is 2.95 bits per heavy atom. The lowest BCUT2D eigenvalue weighted by atomic mass is 10.2. The Balaban J connectivity index is 2.44. The Hall–Kier alpha value is -0.860. The molecular weight excluding hydrogens is 258 g/mol. The molecule has 0 radical (unpaired) electrons. The number of aliphatic hydroxyl groups is 1. The normalized spacial score (nSPS) is 10.8. The van der Waals surface area contributed by atoms with E-state index >= 15 is 0 Å². The summed E-state index contributed by atoms with van der Waals surface area (Å²) in [6.07, 6.45) is 0.822. The molecule has 0 unspecified atom stereocenters. The van der Waals surface area contributed by atoms with Gasteiger partial charge >= 0.3 is 0 Å². The van der Waals surface area contributed by atoms with Gasteiger partial charge < -0.3 is 9.84 Å². The van der Waals surface area contributed by atoms with Crippen LogP contribution >= 0.6 is 11.3 Å². The predicted octanol–water partition coefficient (Wildman–Crippen LogP) is 2.34. The van der Waals surface area contributed by atoms with Crippen LogP contribution in [0.5, 0.6) is 0 Å². The van der Waals surface area contributed by atoms with Crippen LogP contribution in [0.25, 0.3) is 0 Å². The molecule has 1 aromatic heterocycles. The van der Waals surface area contributed by atoms with E-state index in [0.717, 1.165) is 25.3 Å². The minimum absolute atomic E-state index is 0.124. The second-order valence-electron chi connectivity index (χ2n) is 4.69. The van der Waals surface area contributed by atoms with Gasteiger partial charge in [0.25, 0.3) is 0 Å². The molecule has 0 aliphatic rings. The van der Waals surface area contributed by atoms with E-state index in [1.54, 1.807) is 11.3 Å². The number of thiophene rings is 1. The number of hydrogen-bond donors (Lipinski definition) is 1. The third kappa shape index (κ3) is 6.74. The average molecular weight is 281 g/mol. The smallest absolute Gasteiger partial charge is 0.0596 e. The van der Waals surface area contributed by atoms with Crippen molar-refractivity contribution < 1.29 is 9.84 Å². The summed E-state index contributed by atoms with van der Waals surface area (Å²) in [7, 11) is 2.09. The van der Waals surface area contributed by atoms with Crippen molar-refractivity contribution in [2.75, 3.05) is 26.8 Å². The second-order valence-corrected chi connectivity index (χ2v) is 5.69. The van der Waals surface area contributed by atoms with Crippen LogP contribution in [-0.4, -0.2) is 42.9 Å². The minimum Gasteiger partial charge on any atom is -0.395 e. The van der Waals surface area contributed by atoms with Crippen molar-refractivity contribution in [3.05, 3.63) is 21.9 Å². The Bertz CT molecular complexity index is 417. The lowest BCUT2D eigenvalue weighted by Crippen LogP contribution is -2.23. The van der Waals surface area contributed by atoms with Crippen molar-refractivity contribution in [3.8, 4) is 11.8 Å². The van der Waals surface area contributed by atoms with Gasteiger partial charge in [0.2, 0.25) is 0 Å². The zero-order chi connectivity index (χ0) is 14.1. The van der Waals surface area contributed by atoms with Gasteiger partial charge in [-0.05, 0) is 32.3 Å². The third-order valence-corrected chi connectivity index (χ3v) is 3.45. The molecule has 1 rings (SSSR count). The molecule has 1 N–H and O–H groups in total. The SMILES string of the molecule is CC(C)OCCN(C)Cc1sccc1C#CCCO. The average Bonchev–Trinajstić information content (AvgIpc) is 2.76. The van der Waals surface area contributed by atoms with Gasteiger partial charge in [0.15, 0.2) is 0 Å². The maximum absolute atomic E-state index is 8.73. The molecule has 1 aromatic rings. The highest BCUT2D eigenvalue weighted by molar-refractivity contribution is 7.10. The fourth-order valence-corrected chi connectivity index (χ4v) is 2.47. The summed E-state index contributed by atoms with van der Waals surface area (Å²) >= 11 is 1.73. The van der Waals surface area contributed by atoms with Crippen LogP contribution in [0, 0.1) is 11.8 Å². The van der Waals surface area contributed by atoms with E-state index in [1.165, 1.54) is 4.88 Å². The first-order chi connectivity index (χ1) is 9.13. The Labute approximate surface area is 120 Å². The molecule has 0 bridgehead atoms. The number of nitrogens with zero attached hydrogens (tertiary/aromatic N) is 1. The Morgan fingerprint density at radius 2 is 2.26 bits per heavy atom. The Morgan fingerprint density at radius 1 is 1.47 bits per heavy atom. The fourth-order valence-electron chi connectivity index (χ4n) is 1.56. The van der Waals surface area contributed by atoms with Gasteiger partial charge in [-0.3, -0.25) is 4.90 Å². The van der Waals surface area contributed by atoms with E-state index in [4.69, 9.17) is 9.84 Å². The summed E-state index contributed by atoms with van der Waals surface area (Å²) in [6, 6.07) is 2.04. The lowest BCUT2D eigenvalue weighted by molar-refractivity contribution is 0.0628. The molecule has 0 spiro atoms. The highest BCUT2D eigenvalue weighted by atomic mass is 32.1. The largest absolute Gasteiger partial charge is 0.395 e. The third-order valence-electron chi connectivity index (χ3n) is 2.54. The van der Waals surface area contributed by atoms with Gasteiger partial charge in [-0.2, -0.15) is 0 Å². The molecule has 0 saturated carbocycles. The van der Waals surface area contributed by atoms with Crippen molar-refractivity contribution in [2.24, 2.45) is 0 Å². The van der Waals surface area contributed by atoms with Gasteiger partial charge in [0.1, 0.15) is 0 Å². The molecule has 0 fully saturated rings. The van der Waals surface area contributed by atoms with Gasteiger partial charge in [-0.25, -0.2) is 0 Å². The van der Waals surface area contributed by atoms with Crippen LogP contribution in [0.1, 0.15) is 30.7 Å². The first-order valence-corrected chi connectivity index (χ1v) is 7.47. The van der Waals surface area contributed by atoms with Crippen LogP contribution in [0.3, 0.4) is 0 Å². The van der Waals surface area contributed by atoms with Crippen LogP contribution in [-0.2, 0) is 11.3 Å². The molecule has 0 amide bonds. The standard InChI is InChI=1S/C15H23NO2S/c1-13(2)18-10-8-16(3)12-15-14(7-11-19-15)6-4-5-9-17/h7,11,13,17H,5,8-10,12H2,1-3H3. The number of hydrogen-bond acceptors (Lipinski definition) is 4. The molecule has 1 heterocycles. The summed E-state index contributed by atoms with van der Waals surface area (Å²) in [4.78, 5) is 3.52. The summed E-state index contributed by atoms with van der Waals surface area (Å²) in [5.74, 6) is 6.09.